The highest BCUT2D eigenvalue weighted by Gasteiger charge is 2.21. The Morgan fingerprint density at radius 1 is 1.32 bits per heavy atom. The molecule has 2 rings (SSSR count). The van der Waals surface area contributed by atoms with Crippen LogP contribution < -0.4 is 5.32 Å². The van der Waals surface area contributed by atoms with Crippen molar-refractivity contribution in [2.24, 2.45) is 5.92 Å². The van der Waals surface area contributed by atoms with Gasteiger partial charge in [0.1, 0.15) is 0 Å². The van der Waals surface area contributed by atoms with E-state index in [0.29, 0.717) is 23.1 Å². The number of halogens is 2. The van der Waals surface area contributed by atoms with Gasteiger partial charge in [0.25, 0.3) is 0 Å². The van der Waals surface area contributed by atoms with Crippen LogP contribution in [0.1, 0.15) is 18.4 Å². The number of amides is 1. The first-order valence-electron chi connectivity index (χ1n) is 6.44. The monoisotopic (exact) mass is 300 g/mol. The molecule has 1 fully saturated rings. The Morgan fingerprint density at radius 2 is 1.95 bits per heavy atom. The van der Waals surface area contributed by atoms with Gasteiger partial charge >= 0.3 is 0 Å². The molecule has 1 aromatic carbocycles. The minimum absolute atomic E-state index is 0.0803. The molecule has 1 N–H and O–H groups in total. The maximum Gasteiger partial charge on any atom is 0.236 e. The molecule has 5 heteroatoms. The summed E-state index contributed by atoms with van der Waals surface area (Å²) in [5, 5.41) is 4.38. The lowest BCUT2D eigenvalue weighted by Gasteiger charge is -2.18. The van der Waals surface area contributed by atoms with Crippen molar-refractivity contribution in [1.82, 2.24) is 10.2 Å². The van der Waals surface area contributed by atoms with Gasteiger partial charge in [-0.1, -0.05) is 23.2 Å². The molecule has 0 radical (unpaired) electrons. The number of rotatable bonds is 6. The zero-order valence-electron chi connectivity index (χ0n) is 11.0. The van der Waals surface area contributed by atoms with Crippen LogP contribution in [0.4, 0.5) is 0 Å². The zero-order valence-corrected chi connectivity index (χ0v) is 12.5. The topological polar surface area (TPSA) is 32.3 Å². The maximum absolute atomic E-state index is 11.9. The van der Waals surface area contributed by atoms with E-state index in [1.54, 1.807) is 18.0 Å². The van der Waals surface area contributed by atoms with E-state index in [1.807, 2.05) is 12.1 Å². The summed E-state index contributed by atoms with van der Waals surface area (Å²) < 4.78 is 0. The Hall–Kier alpha value is -0.770. The quantitative estimate of drug-likeness (QED) is 0.876. The first kappa shape index (κ1) is 14.6. The molecule has 0 spiro atoms. The van der Waals surface area contributed by atoms with Crippen LogP contribution in [-0.4, -0.2) is 30.9 Å². The van der Waals surface area contributed by atoms with Gasteiger partial charge in [0.05, 0.1) is 6.54 Å². The fourth-order valence-corrected chi connectivity index (χ4v) is 2.48. The Labute approximate surface area is 123 Å². The Morgan fingerprint density at radius 3 is 2.53 bits per heavy atom. The molecule has 0 aliphatic heterocycles. The lowest BCUT2D eigenvalue weighted by Crippen LogP contribution is -2.35. The highest BCUT2D eigenvalue weighted by Crippen LogP contribution is 2.27. The van der Waals surface area contributed by atoms with Crippen LogP contribution in [0.15, 0.2) is 18.2 Å². The minimum Gasteiger partial charge on any atom is -0.340 e. The van der Waals surface area contributed by atoms with E-state index in [4.69, 9.17) is 23.2 Å². The molecule has 1 aliphatic carbocycles. The second-order valence-electron chi connectivity index (χ2n) is 5.10. The van der Waals surface area contributed by atoms with Crippen LogP contribution in [0.5, 0.6) is 0 Å². The minimum atomic E-state index is 0.0803. The van der Waals surface area contributed by atoms with Crippen molar-refractivity contribution in [1.29, 1.82) is 0 Å². The molecule has 1 saturated carbocycles. The summed E-state index contributed by atoms with van der Waals surface area (Å²) in [7, 11) is 1.79. The summed E-state index contributed by atoms with van der Waals surface area (Å²) in [6.45, 7) is 1.86. The van der Waals surface area contributed by atoms with Gasteiger partial charge in [0.2, 0.25) is 5.91 Å². The molecule has 1 aliphatic rings. The molecule has 0 aromatic heterocycles. The maximum atomic E-state index is 11.9. The van der Waals surface area contributed by atoms with Crippen molar-refractivity contribution in [2.45, 2.75) is 19.4 Å². The lowest BCUT2D eigenvalue weighted by atomic mass is 10.2. The summed E-state index contributed by atoms with van der Waals surface area (Å²) in [6.07, 6.45) is 2.58. The van der Waals surface area contributed by atoms with E-state index in [0.717, 1.165) is 18.0 Å². The van der Waals surface area contributed by atoms with Crippen molar-refractivity contribution in [3.63, 3.8) is 0 Å². The van der Waals surface area contributed by atoms with Gasteiger partial charge in [-0.25, -0.2) is 0 Å². The third kappa shape index (κ3) is 5.01. The third-order valence-corrected chi connectivity index (χ3v) is 3.61. The second kappa shape index (κ2) is 6.60. The van der Waals surface area contributed by atoms with Crippen molar-refractivity contribution in [3.05, 3.63) is 33.8 Å². The molecule has 19 heavy (non-hydrogen) atoms. The number of carbonyl (C=O) groups is 1. The van der Waals surface area contributed by atoms with Crippen molar-refractivity contribution >= 4 is 29.1 Å². The molecule has 1 aromatic rings. The predicted octanol–water partition coefficient (Wildman–Crippen LogP) is 2.95. The standard InChI is InChI=1S/C14H18Cl2N2O/c1-18(14(19)8-17-7-10-2-3-10)9-11-4-12(15)6-13(16)5-11/h4-6,10,17H,2-3,7-9H2,1H3. The van der Waals surface area contributed by atoms with E-state index in [2.05, 4.69) is 5.32 Å². The zero-order chi connectivity index (χ0) is 13.8. The number of nitrogens with zero attached hydrogens (tertiary/aromatic N) is 1. The molecule has 0 unspecified atom stereocenters. The number of carbonyl (C=O) groups excluding carboxylic acids is 1. The summed E-state index contributed by atoms with van der Waals surface area (Å²) >= 11 is 11.9. The Balaban J connectivity index is 1.80. The molecular formula is C14H18Cl2N2O. The van der Waals surface area contributed by atoms with Crippen molar-refractivity contribution in [3.8, 4) is 0 Å². The molecule has 0 saturated heterocycles. The van der Waals surface area contributed by atoms with Gasteiger partial charge < -0.3 is 10.2 Å². The van der Waals surface area contributed by atoms with Crippen LogP contribution in [0.3, 0.4) is 0 Å². The van der Waals surface area contributed by atoms with E-state index in [1.165, 1.54) is 12.8 Å². The number of hydrogen-bond donors (Lipinski definition) is 1. The average molecular weight is 301 g/mol. The summed E-state index contributed by atoms with van der Waals surface area (Å²) in [5.74, 6) is 0.863. The van der Waals surface area contributed by atoms with Crippen LogP contribution in [0.2, 0.25) is 10.0 Å². The number of hydrogen-bond acceptors (Lipinski definition) is 2. The van der Waals surface area contributed by atoms with Crippen LogP contribution >= 0.6 is 23.2 Å². The molecular weight excluding hydrogens is 283 g/mol. The molecule has 0 heterocycles. The van der Waals surface area contributed by atoms with Crippen molar-refractivity contribution < 1.29 is 4.79 Å². The van der Waals surface area contributed by atoms with Crippen molar-refractivity contribution in [2.75, 3.05) is 20.1 Å². The normalized spacial score (nSPS) is 14.5. The van der Waals surface area contributed by atoms with Gasteiger partial charge in [-0.15, -0.1) is 0 Å². The highest BCUT2D eigenvalue weighted by molar-refractivity contribution is 6.34. The predicted molar refractivity (Wildman–Crippen MR) is 78.5 cm³/mol. The van der Waals surface area contributed by atoms with Crippen LogP contribution in [0.25, 0.3) is 0 Å². The third-order valence-electron chi connectivity index (χ3n) is 3.17. The average Bonchev–Trinajstić information content (AvgIpc) is 3.11. The Bertz CT molecular complexity index is 441. The smallest absolute Gasteiger partial charge is 0.236 e. The number of likely N-dealkylation sites (N-methyl/N-ethyl adjacent to an activating group) is 1. The summed E-state index contributed by atoms with van der Waals surface area (Å²) in [5.41, 5.74) is 0.940. The molecule has 3 nitrogen and oxygen atoms in total. The van der Waals surface area contributed by atoms with Gasteiger partial charge in [0.15, 0.2) is 0 Å². The van der Waals surface area contributed by atoms with Gasteiger partial charge in [-0.05, 0) is 49.1 Å². The van der Waals surface area contributed by atoms with Crippen LogP contribution in [-0.2, 0) is 11.3 Å². The fourth-order valence-electron chi connectivity index (χ4n) is 1.90. The largest absolute Gasteiger partial charge is 0.340 e. The first-order valence-corrected chi connectivity index (χ1v) is 7.20. The van der Waals surface area contributed by atoms with E-state index in [-0.39, 0.29) is 5.91 Å². The number of benzene rings is 1. The second-order valence-corrected chi connectivity index (χ2v) is 5.97. The Kier molecular flexibility index (Phi) is 5.08. The van der Waals surface area contributed by atoms with Gasteiger partial charge in [-0.2, -0.15) is 0 Å². The number of nitrogens with one attached hydrogen (secondary N) is 1. The molecule has 1 amide bonds. The summed E-state index contributed by atoms with van der Waals surface area (Å²) in [4.78, 5) is 13.6. The SMILES string of the molecule is CN(Cc1cc(Cl)cc(Cl)c1)C(=O)CNCC1CC1. The lowest BCUT2D eigenvalue weighted by molar-refractivity contribution is -0.129. The van der Waals surface area contributed by atoms with E-state index >= 15 is 0 Å². The van der Waals surface area contributed by atoms with E-state index < -0.39 is 0 Å². The van der Waals surface area contributed by atoms with Crippen LogP contribution in [0, 0.1) is 5.92 Å². The molecule has 104 valence electrons. The van der Waals surface area contributed by atoms with E-state index in [9.17, 15) is 4.79 Å². The van der Waals surface area contributed by atoms with Gasteiger partial charge in [-0.3, -0.25) is 4.79 Å². The fraction of sp³-hybridized carbons (Fsp3) is 0.500. The first-order chi connectivity index (χ1) is 9.04. The van der Waals surface area contributed by atoms with Gasteiger partial charge in [0, 0.05) is 23.6 Å². The summed E-state index contributed by atoms with van der Waals surface area (Å²) in [6, 6.07) is 5.34. The molecule has 0 atom stereocenters. The highest BCUT2D eigenvalue weighted by atomic mass is 35.5. The molecule has 0 bridgehead atoms.